The van der Waals surface area contributed by atoms with E-state index in [9.17, 15) is 14.4 Å². The van der Waals surface area contributed by atoms with Crippen LogP contribution in [0.25, 0.3) is 0 Å². The highest BCUT2D eigenvalue weighted by Gasteiger charge is 2.30. The third kappa shape index (κ3) is 2.56. The highest BCUT2D eigenvalue weighted by atomic mass is 16.2. The fourth-order valence-electron chi connectivity index (χ4n) is 1.69. The van der Waals surface area contributed by atoms with E-state index >= 15 is 0 Å². The van der Waals surface area contributed by atoms with E-state index in [2.05, 4.69) is 0 Å². The zero-order valence-electron chi connectivity index (χ0n) is 9.95. The lowest BCUT2D eigenvalue weighted by molar-refractivity contribution is -0.141. The molecule has 4 nitrogen and oxygen atoms in total. The van der Waals surface area contributed by atoms with Crippen LogP contribution >= 0.6 is 0 Å². The van der Waals surface area contributed by atoms with E-state index in [1.807, 2.05) is 13.8 Å². The summed E-state index contributed by atoms with van der Waals surface area (Å²) >= 11 is 0. The molecule has 1 aliphatic rings. The lowest BCUT2D eigenvalue weighted by atomic mass is 10.0. The monoisotopic (exact) mass is 223 g/mol. The van der Waals surface area contributed by atoms with Gasteiger partial charge in [0.05, 0.1) is 6.54 Å². The van der Waals surface area contributed by atoms with E-state index in [1.54, 1.807) is 6.92 Å². The molecule has 16 heavy (non-hydrogen) atoms. The van der Waals surface area contributed by atoms with Gasteiger partial charge in [0.1, 0.15) is 0 Å². The van der Waals surface area contributed by atoms with E-state index in [4.69, 9.17) is 0 Å². The second-order valence-electron chi connectivity index (χ2n) is 4.21. The lowest BCUT2D eigenvalue weighted by Crippen LogP contribution is -2.37. The zero-order valence-corrected chi connectivity index (χ0v) is 9.95. The third-order valence-corrected chi connectivity index (χ3v) is 2.77. The number of carbonyl (C=O) groups is 3. The Bertz CT molecular complexity index is 357. The third-order valence-electron chi connectivity index (χ3n) is 2.77. The summed E-state index contributed by atoms with van der Waals surface area (Å²) in [5.41, 5.74) is 0.404. The van der Waals surface area contributed by atoms with Crippen LogP contribution in [0, 0.1) is 5.92 Å². The predicted molar refractivity (Wildman–Crippen MR) is 59.6 cm³/mol. The molecule has 0 aliphatic carbocycles. The summed E-state index contributed by atoms with van der Waals surface area (Å²) in [7, 11) is 0. The van der Waals surface area contributed by atoms with Gasteiger partial charge in [-0.2, -0.15) is 0 Å². The highest BCUT2D eigenvalue weighted by molar-refractivity contribution is 6.17. The Balaban J connectivity index is 2.59. The van der Waals surface area contributed by atoms with Gasteiger partial charge in [-0.1, -0.05) is 20.3 Å². The van der Waals surface area contributed by atoms with E-state index in [0.29, 0.717) is 5.57 Å². The van der Waals surface area contributed by atoms with Crippen molar-refractivity contribution in [2.45, 2.75) is 33.6 Å². The Morgan fingerprint density at radius 1 is 1.44 bits per heavy atom. The van der Waals surface area contributed by atoms with Gasteiger partial charge in [0.2, 0.25) is 0 Å². The first kappa shape index (κ1) is 12.6. The molecule has 0 fully saturated rings. The molecular formula is C12H17NO3. The Morgan fingerprint density at radius 2 is 2.06 bits per heavy atom. The minimum absolute atomic E-state index is 0.0494. The Hall–Kier alpha value is -1.45. The quantitative estimate of drug-likeness (QED) is 0.660. The Morgan fingerprint density at radius 3 is 2.50 bits per heavy atom. The average molecular weight is 223 g/mol. The Kier molecular flexibility index (Phi) is 3.99. The first-order valence-electron chi connectivity index (χ1n) is 5.54. The van der Waals surface area contributed by atoms with E-state index in [0.717, 1.165) is 17.7 Å². The number of amides is 2. The summed E-state index contributed by atoms with van der Waals surface area (Å²) in [6, 6.07) is 0. The van der Waals surface area contributed by atoms with Crippen molar-refractivity contribution in [3.05, 3.63) is 11.6 Å². The van der Waals surface area contributed by atoms with Gasteiger partial charge in [-0.3, -0.25) is 19.3 Å². The molecule has 0 aromatic carbocycles. The average Bonchev–Trinajstić information content (AvgIpc) is 2.45. The molecule has 0 bridgehead atoms. The smallest absolute Gasteiger partial charge is 0.256 e. The topological polar surface area (TPSA) is 54.5 Å². The molecule has 2 amide bonds. The molecule has 1 aliphatic heterocycles. The number of rotatable bonds is 5. The molecule has 0 radical (unpaired) electrons. The standard InChI is InChI=1S/C12H17NO3/c1-4-5-8(2)10(14)7-13-11(15)6-9(3)12(13)16/h6,8H,4-5,7H2,1-3H3. The van der Waals surface area contributed by atoms with E-state index in [-0.39, 0.29) is 30.1 Å². The summed E-state index contributed by atoms with van der Waals surface area (Å²) in [6.07, 6.45) is 2.99. The van der Waals surface area contributed by atoms with Gasteiger partial charge in [0.25, 0.3) is 11.8 Å². The number of hydrogen-bond acceptors (Lipinski definition) is 3. The second kappa shape index (κ2) is 5.05. The van der Waals surface area contributed by atoms with Crippen LogP contribution in [0.3, 0.4) is 0 Å². The van der Waals surface area contributed by atoms with Gasteiger partial charge in [-0.25, -0.2) is 0 Å². The van der Waals surface area contributed by atoms with Gasteiger partial charge < -0.3 is 0 Å². The molecule has 1 rings (SSSR count). The maximum Gasteiger partial charge on any atom is 0.256 e. The molecule has 1 unspecified atom stereocenters. The molecule has 4 heteroatoms. The maximum absolute atomic E-state index is 11.7. The van der Waals surface area contributed by atoms with Crippen molar-refractivity contribution in [3.8, 4) is 0 Å². The van der Waals surface area contributed by atoms with Crippen LogP contribution in [-0.4, -0.2) is 29.0 Å². The Labute approximate surface area is 95.3 Å². The molecule has 1 heterocycles. The van der Waals surface area contributed by atoms with Gasteiger partial charge in [0, 0.05) is 17.6 Å². The minimum atomic E-state index is -0.375. The van der Waals surface area contributed by atoms with Crippen molar-refractivity contribution in [1.29, 1.82) is 0 Å². The number of imide groups is 1. The first-order valence-corrected chi connectivity index (χ1v) is 5.54. The summed E-state index contributed by atoms with van der Waals surface area (Å²) in [5.74, 6) is -0.861. The molecule has 0 saturated carbocycles. The van der Waals surface area contributed by atoms with E-state index in [1.165, 1.54) is 6.08 Å². The molecule has 0 saturated heterocycles. The molecule has 0 aromatic rings. The van der Waals surface area contributed by atoms with Crippen molar-refractivity contribution in [1.82, 2.24) is 4.90 Å². The van der Waals surface area contributed by atoms with Crippen LogP contribution in [0.1, 0.15) is 33.6 Å². The zero-order chi connectivity index (χ0) is 12.3. The summed E-state index contributed by atoms with van der Waals surface area (Å²) < 4.78 is 0. The lowest BCUT2D eigenvalue weighted by Gasteiger charge is -2.16. The van der Waals surface area contributed by atoms with Crippen LogP contribution in [-0.2, 0) is 14.4 Å². The van der Waals surface area contributed by atoms with Gasteiger partial charge in [0.15, 0.2) is 5.78 Å². The summed E-state index contributed by atoms with van der Waals surface area (Å²) in [4.78, 5) is 35.6. The van der Waals surface area contributed by atoms with Crippen LogP contribution in [0.15, 0.2) is 11.6 Å². The summed E-state index contributed by atoms with van der Waals surface area (Å²) in [6.45, 7) is 5.33. The minimum Gasteiger partial charge on any atom is -0.297 e. The largest absolute Gasteiger partial charge is 0.297 e. The molecular weight excluding hydrogens is 206 g/mol. The van der Waals surface area contributed by atoms with Gasteiger partial charge in [-0.15, -0.1) is 0 Å². The number of nitrogens with zero attached hydrogens (tertiary/aromatic N) is 1. The van der Waals surface area contributed by atoms with Gasteiger partial charge in [-0.05, 0) is 13.3 Å². The van der Waals surface area contributed by atoms with Crippen LogP contribution in [0.2, 0.25) is 0 Å². The maximum atomic E-state index is 11.7. The van der Waals surface area contributed by atoms with Crippen molar-refractivity contribution >= 4 is 17.6 Å². The molecule has 0 aromatic heterocycles. The van der Waals surface area contributed by atoms with Crippen LogP contribution < -0.4 is 0 Å². The number of ketones is 1. The molecule has 0 N–H and O–H groups in total. The first-order chi connectivity index (χ1) is 7.47. The summed E-state index contributed by atoms with van der Waals surface area (Å²) in [5, 5.41) is 0. The van der Waals surface area contributed by atoms with Crippen molar-refractivity contribution in [3.63, 3.8) is 0 Å². The number of Topliss-reactive ketones (excluding diaryl/α,β-unsaturated/α-hetero) is 1. The van der Waals surface area contributed by atoms with Crippen molar-refractivity contribution < 1.29 is 14.4 Å². The fourth-order valence-corrected chi connectivity index (χ4v) is 1.69. The van der Waals surface area contributed by atoms with E-state index < -0.39 is 0 Å². The predicted octanol–water partition coefficient (Wildman–Crippen LogP) is 1.31. The SMILES string of the molecule is CCCC(C)C(=O)CN1C(=O)C=C(C)C1=O. The normalized spacial score (nSPS) is 17.7. The number of carbonyl (C=O) groups excluding carboxylic acids is 3. The molecule has 88 valence electrons. The molecule has 0 spiro atoms. The van der Waals surface area contributed by atoms with Gasteiger partial charge >= 0.3 is 0 Å². The number of hydrogen-bond donors (Lipinski definition) is 0. The second-order valence-corrected chi connectivity index (χ2v) is 4.21. The van der Waals surface area contributed by atoms with Crippen LogP contribution in [0.4, 0.5) is 0 Å². The van der Waals surface area contributed by atoms with Crippen LogP contribution in [0.5, 0.6) is 0 Å². The van der Waals surface area contributed by atoms with Crippen molar-refractivity contribution in [2.75, 3.05) is 6.54 Å². The molecule has 1 atom stereocenters. The fraction of sp³-hybridized carbons (Fsp3) is 0.583. The highest BCUT2D eigenvalue weighted by Crippen LogP contribution is 2.14. The van der Waals surface area contributed by atoms with Crippen molar-refractivity contribution in [2.24, 2.45) is 5.92 Å².